The van der Waals surface area contributed by atoms with E-state index >= 15 is 0 Å². The van der Waals surface area contributed by atoms with Gasteiger partial charge in [-0.05, 0) is 37.5 Å². The highest BCUT2D eigenvalue weighted by Crippen LogP contribution is 2.26. The summed E-state index contributed by atoms with van der Waals surface area (Å²) in [7, 11) is 1.64. The molecule has 114 valence electrons. The van der Waals surface area contributed by atoms with Crippen LogP contribution in [0.25, 0.3) is 0 Å². The molecule has 1 aromatic rings. The Kier molecular flexibility index (Phi) is 5.33. The number of nitrogens with one attached hydrogen (secondary N) is 1. The van der Waals surface area contributed by atoms with Crippen LogP contribution >= 0.6 is 0 Å². The lowest BCUT2D eigenvalue weighted by Gasteiger charge is -2.19. The molecule has 0 spiro atoms. The molecule has 1 aliphatic heterocycles. The molecule has 1 aromatic carbocycles. The summed E-state index contributed by atoms with van der Waals surface area (Å²) >= 11 is 0. The van der Waals surface area contributed by atoms with Gasteiger partial charge in [-0.25, -0.2) is 0 Å². The third-order valence-electron chi connectivity index (χ3n) is 3.65. The molecular weight excluding hydrogens is 268 g/mol. The second kappa shape index (κ2) is 7.22. The van der Waals surface area contributed by atoms with E-state index in [-0.39, 0.29) is 11.8 Å². The molecule has 0 radical (unpaired) electrons. The molecule has 1 heterocycles. The van der Waals surface area contributed by atoms with Gasteiger partial charge in [-0.15, -0.1) is 0 Å². The largest absolute Gasteiger partial charge is 0.385 e. The highest BCUT2D eigenvalue weighted by Gasteiger charge is 2.23. The maximum Gasteiger partial charge on any atom is 0.251 e. The fraction of sp³-hybridized carbons (Fsp3) is 0.500. The van der Waals surface area contributed by atoms with Gasteiger partial charge < -0.3 is 15.0 Å². The van der Waals surface area contributed by atoms with Crippen molar-refractivity contribution in [1.82, 2.24) is 5.32 Å². The Morgan fingerprint density at radius 3 is 2.90 bits per heavy atom. The van der Waals surface area contributed by atoms with Crippen molar-refractivity contribution in [2.75, 3.05) is 31.7 Å². The summed E-state index contributed by atoms with van der Waals surface area (Å²) in [6, 6.07) is 5.50. The van der Waals surface area contributed by atoms with Crippen LogP contribution in [0.5, 0.6) is 0 Å². The highest BCUT2D eigenvalue weighted by atomic mass is 16.5. The quantitative estimate of drug-likeness (QED) is 0.814. The monoisotopic (exact) mass is 290 g/mol. The first-order chi connectivity index (χ1) is 10.1. The van der Waals surface area contributed by atoms with Crippen LogP contribution < -0.4 is 10.2 Å². The van der Waals surface area contributed by atoms with E-state index in [1.165, 1.54) is 0 Å². The van der Waals surface area contributed by atoms with Crippen LogP contribution in [0, 0.1) is 6.92 Å². The Labute approximate surface area is 125 Å². The number of carbonyl (C=O) groups excluding carboxylic acids is 2. The molecule has 2 amide bonds. The van der Waals surface area contributed by atoms with E-state index in [1.54, 1.807) is 18.1 Å². The van der Waals surface area contributed by atoms with Crippen LogP contribution in [-0.4, -0.2) is 38.6 Å². The van der Waals surface area contributed by atoms with E-state index in [0.717, 1.165) is 30.6 Å². The molecule has 0 atom stereocenters. The van der Waals surface area contributed by atoms with Crippen molar-refractivity contribution in [2.24, 2.45) is 0 Å². The molecule has 0 bridgehead atoms. The van der Waals surface area contributed by atoms with E-state index in [9.17, 15) is 9.59 Å². The van der Waals surface area contributed by atoms with Crippen molar-refractivity contribution in [3.8, 4) is 0 Å². The Bertz CT molecular complexity index is 528. The fourth-order valence-corrected chi connectivity index (χ4v) is 2.46. The summed E-state index contributed by atoms with van der Waals surface area (Å²) in [4.78, 5) is 25.8. The molecule has 5 heteroatoms. The van der Waals surface area contributed by atoms with Gasteiger partial charge in [0.2, 0.25) is 5.91 Å². The number of rotatable bonds is 6. The van der Waals surface area contributed by atoms with Gasteiger partial charge in [-0.3, -0.25) is 9.59 Å². The highest BCUT2D eigenvalue weighted by molar-refractivity contribution is 5.99. The molecule has 1 N–H and O–H groups in total. The molecule has 21 heavy (non-hydrogen) atoms. The van der Waals surface area contributed by atoms with Gasteiger partial charge >= 0.3 is 0 Å². The molecule has 0 aromatic heterocycles. The van der Waals surface area contributed by atoms with Crippen molar-refractivity contribution in [1.29, 1.82) is 0 Å². The Hall–Kier alpha value is -1.88. The van der Waals surface area contributed by atoms with E-state index in [2.05, 4.69) is 5.32 Å². The third kappa shape index (κ3) is 3.82. The van der Waals surface area contributed by atoms with Gasteiger partial charge in [-0.2, -0.15) is 0 Å². The maximum absolute atomic E-state index is 12.1. The zero-order valence-corrected chi connectivity index (χ0v) is 12.6. The predicted octanol–water partition coefficient (Wildman–Crippen LogP) is 1.89. The Morgan fingerprint density at radius 1 is 1.43 bits per heavy atom. The topological polar surface area (TPSA) is 58.6 Å². The van der Waals surface area contributed by atoms with Crippen molar-refractivity contribution in [2.45, 2.75) is 26.2 Å². The predicted molar refractivity (Wildman–Crippen MR) is 81.6 cm³/mol. The third-order valence-corrected chi connectivity index (χ3v) is 3.65. The Balaban J connectivity index is 2.07. The van der Waals surface area contributed by atoms with E-state index < -0.39 is 0 Å². The summed E-state index contributed by atoms with van der Waals surface area (Å²) in [6.07, 6.45) is 2.25. The van der Waals surface area contributed by atoms with Crippen LogP contribution in [0.1, 0.15) is 35.2 Å². The van der Waals surface area contributed by atoms with Gasteiger partial charge in [0, 0.05) is 44.5 Å². The van der Waals surface area contributed by atoms with Gasteiger partial charge in [0.05, 0.1) is 0 Å². The molecule has 5 nitrogen and oxygen atoms in total. The van der Waals surface area contributed by atoms with Gasteiger partial charge in [-0.1, -0.05) is 6.07 Å². The molecule has 0 unspecified atom stereocenters. The second-order valence-corrected chi connectivity index (χ2v) is 5.25. The van der Waals surface area contributed by atoms with Crippen molar-refractivity contribution < 1.29 is 14.3 Å². The number of ether oxygens (including phenoxy) is 1. The molecule has 1 aliphatic rings. The Morgan fingerprint density at radius 2 is 2.24 bits per heavy atom. The minimum atomic E-state index is -0.112. The molecule has 0 saturated carbocycles. The maximum atomic E-state index is 12.1. The van der Waals surface area contributed by atoms with E-state index in [1.807, 2.05) is 19.1 Å². The first-order valence-corrected chi connectivity index (χ1v) is 7.31. The number of hydrogen-bond acceptors (Lipinski definition) is 3. The summed E-state index contributed by atoms with van der Waals surface area (Å²) < 4.78 is 4.95. The zero-order valence-electron chi connectivity index (χ0n) is 12.6. The van der Waals surface area contributed by atoms with Crippen LogP contribution in [0.2, 0.25) is 0 Å². The average Bonchev–Trinajstić information content (AvgIpc) is 2.90. The number of hydrogen-bond donors (Lipinski definition) is 1. The lowest BCUT2D eigenvalue weighted by Crippen LogP contribution is -2.27. The normalized spacial score (nSPS) is 14.6. The molecule has 1 fully saturated rings. The van der Waals surface area contributed by atoms with Crippen molar-refractivity contribution in [3.63, 3.8) is 0 Å². The number of anilines is 1. The fourth-order valence-electron chi connectivity index (χ4n) is 2.46. The first-order valence-electron chi connectivity index (χ1n) is 7.31. The SMILES string of the molecule is COCCCNC(=O)c1ccc(C)c(N2CCCC2=O)c1. The first kappa shape index (κ1) is 15.5. The summed E-state index contributed by atoms with van der Waals surface area (Å²) in [5, 5.41) is 2.86. The van der Waals surface area contributed by atoms with E-state index in [4.69, 9.17) is 4.74 Å². The van der Waals surface area contributed by atoms with Crippen LogP contribution in [0.15, 0.2) is 18.2 Å². The van der Waals surface area contributed by atoms with Crippen molar-refractivity contribution >= 4 is 17.5 Å². The van der Waals surface area contributed by atoms with Gasteiger partial charge in [0.25, 0.3) is 5.91 Å². The smallest absolute Gasteiger partial charge is 0.251 e. The van der Waals surface area contributed by atoms with E-state index in [0.29, 0.717) is 25.1 Å². The second-order valence-electron chi connectivity index (χ2n) is 5.25. The zero-order chi connectivity index (χ0) is 15.2. The minimum Gasteiger partial charge on any atom is -0.385 e. The average molecular weight is 290 g/mol. The van der Waals surface area contributed by atoms with Crippen LogP contribution in [0.4, 0.5) is 5.69 Å². The molecule has 2 rings (SSSR count). The number of aryl methyl sites for hydroxylation is 1. The van der Waals surface area contributed by atoms with Crippen molar-refractivity contribution in [3.05, 3.63) is 29.3 Å². The molecular formula is C16H22N2O3. The summed E-state index contributed by atoms with van der Waals surface area (Å²) in [6.45, 7) is 3.90. The van der Waals surface area contributed by atoms with Crippen LogP contribution in [0.3, 0.4) is 0 Å². The number of benzene rings is 1. The molecule has 0 aliphatic carbocycles. The van der Waals surface area contributed by atoms with Crippen LogP contribution in [-0.2, 0) is 9.53 Å². The lowest BCUT2D eigenvalue weighted by molar-refractivity contribution is -0.117. The summed E-state index contributed by atoms with van der Waals surface area (Å²) in [5.41, 5.74) is 2.45. The number of methoxy groups -OCH3 is 1. The van der Waals surface area contributed by atoms with Gasteiger partial charge in [0.1, 0.15) is 0 Å². The standard InChI is InChI=1S/C16H22N2O3/c1-12-6-7-13(16(20)17-8-4-10-21-2)11-14(12)18-9-3-5-15(18)19/h6-7,11H,3-5,8-10H2,1-2H3,(H,17,20). The summed E-state index contributed by atoms with van der Waals surface area (Å²) in [5.74, 6) is 0.0229. The number of nitrogens with zero attached hydrogens (tertiary/aromatic N) is 1. The minimum absolute atomic E-state index is 0.112. The lowest BCUT2D eigenvalue weighted by atomic mass is 10.1. The van der Waals surface area contributed by atoms with Gasteiger partial charge in [0.15, 0.2) is 0 Å². The molecule has 1 saturated heterocycles. The number of carbonyl (C=O) groups is 2. The number of amides is 2.